The molecule has 2 aromatic carbocycles. The van der Waals surface area contributed by atoms with Crippen LogP contribution in [-0.2, 0) is 14.9 Å². The summed E-state index contributed by atoms with van der Waals surface area (Å²) in [5, 5.41) is 0.690. The molecule has 0 aliphatic heterocycles. The summed E-state index contributed by atoms with van der Waals surface area (Å²) in [5.74, 6) is 1.52. The zero-order valence-corrected chi connectivity index (χ0v) is 33.2. The van der Waals surface area contributed by atoms with Gasteiger partial charge >= 0.3 is 0 Å². The van der Waals surface area contributed by atoms with E-state index in [0.717, 1.165) is 40.5 Å². The Bertz CT molecular complexity index is 1060. The van der Waals surface area contributed by atoms with Gasteiger partial charge in [-0.25, -0.2) is 0 Å². The van der Waals surface area contributed by atoms with Crippen LogP contribution in [0.4, 0.5) is 0 Å². The molecule has 2 aromatic rings. The number of hydrogen-bond donors (Lipinski definition) is 0. The lowest BCUT2D eigenvalue weighted by molar-refractivity contribution is -0.0643. The van der Waals surface area contributed by atoms with Crippen molar-refractivity contribution >= 4 is 95.6 Å². The molecular formula is C29H38Br6O4. The minimum atomic E-state index is -0.306. The third-order valence-corrected chi connectivity index (χ3v) is 9.26. The summed E-state index contributed by atoms with van der Waals surface area (Å²) < 4.78 is 27.8. The van der Waals surface area contributed by atoms with Crippen LogP contribution < -0.4 is 9.47 Å². The van der Waals surface area contributed by atoms with E-state index in [4.69, 9.17) is 18.9 Å². The molecule has 0 heterocycles. The first-order valence-electron chi connectivity index (χ1n) is 12.6. The molecule has 2 unspecified atom stereocenters. The summed E-state index contributed by atoms with van der Waals surface area (Å²) in [6, 6.07) is 8.47. The van der Waals surface area contributed by atoms with Crippen LogP contribution in [0.2, 0.25) is 0 Å². The second-order valence-electron chi connectivity index (χ2n) is 11.8. The molecule has 2 rings (SSSR count). The van der Waals surface area contributed by atoms with Crippen molar-refractivity contribution in [2.75, 3.05) is 25.2 Å². The van der Waals surface area contributed by atoms with E-state index >= 15 is 0 Å². The fourth-order valence-corrected chi connectivity index (χ4v) is 7.05. The summed E-state index contributed by atoms with van der Waals surface area (Å²) >= 11 is 22.1. The second-order valence-corrected chi connectivity index (χ2v) is 17.2. The predicted molar refractivity (Wildman–Crippen MR) is 184 cm³/mol. The first-order valence-corrected chi connectivity index (χ1v) is 17.8. The van der Waals surface area contributed by atoms with Gasteiger partial charge in [-0.2, -0.15) is 0 Å². The lowest BCUT2D eigenvalue weighted by Crippen LogP contribution is -2.32. The van der Waals surface area contributed by atoms with Crippen molar-refractivity contribution in [1.82, 2.24) is 0 Å². The van der Waals surface area contributed by atoms with Crippen molar-refractivity contribution in [1.29, 1.82) is 0 Å². The fourth-order valence-electron chi connectivity index (χ4n) is 3.63. The number of ether oxygens (including phenoxy) is 4. The standard InChI is InChI=1S/C29H38Br6O4/c1-27(2,3)38-15-19(31)14-36-25-21(32)9-17(10-22(25)33)29(7,8)18-11-23(34)26(24(35)12-18)37-16-20(13-30)39-28(4,5)6/h9-12,19-20H,13-16H2,1-8H3. The average molecular weight is 930 g/mol. The van der Waals surface area contributed by atoms with Crippen LogP contribution in [0.3, 0.4) is 0 Å². The van der Waals surface area contributed by atoms with Crippen LogP contribution in [0.15, 0.2) is 42.2 Å². The van der Waals surface area contributed by atoms with Crippen molar-refractivity contribution < 1.29 is 18.9 Å². The van der Waals surface area contributed by atoms with E-state index in [1.165, 1.54) is 0 Å². The van der Waals surface area contributed by atoms with Crippen molar-refractivity contribution in [2.45, 2.75) is 82.9 Å². The maximum absolute atomic E-state index is 6.18. The second kappa shape index (κ2) is 15.0. The number of rotatable bonds is 12. The Hall–Kier alpha value is 0.840. The summed E-state index contributed by atoms with van der Waals surface area (Å²) in [4.78, 5) is 0.0758. The van der Waals surface area contributed by atoms with Crippen molar-refractivity contribution in [3.63, 3.8) is 0 Å². The summed E-state index contributed by atoms with van der Waals surface area (Å²) in [7, 11) is 0. The molecule has 0 spiro atoms. The molecule has 39 heavy (non-hydrogen) atoms. The summed E-state index contributed by atoms with van der Waals surface area (Å²) in [6.07, 6.45) is -0.0683. The van der Waals surface area contributed by atoms with Gasteiger partial charge in [-0.1, -0.05) is 45.7 Å². The molecule has 10 heteroatoms. The number of hydrogen-bond acceptors (Lipinski definition) is 4. The highest BCUT2D eigenvalue weighted by molar-refractivity contribution is 9.11. The molecule has 0 saturated carbocycles. The largest absolute Gasteiger partial charge is 0.490 e. The van der Waals surface area contributed by atoms with Gasteiger partial charge in [0.05, 0.1) is 40.5 Å². The predicted octanol–water partition coefficient (Wildman–Crippen LogP) is 11.0. The van der Waals surface area contributed by atoms with Crippen LogP contribution in [-0.4, -0.2) is 47.3 Å². The summed E-state index contributed by atoms with van der Waals surface area (Å²) in [6.45, 7) is 18.1. The van der Waals surface area contributed by atoms with E-state index in [2.05, 4.69) is 134 Å². The normalized spacial score (nSPS) is 14.3. The van der Waals surface area contributed by atoms with Crippen LogP contribution in [0.5, 0.6) is 11.5 Å². The SMILES string of the molecule is CC(C)(C)OCC(Br)COc1c(Br)cc(C(C)(C)c2cc(Br)c(OCC(CBr)OC(C)(C)C)c(Br)c2)cc1Br. The molecular weight excluding hydrogens is 892 g/mol. The van der Waals surface area contributed by atoms with E-state index in [9.17, 15) is 0 Å². The Kier molecular flexibility index (Phi) is 13.9. The highest BCUT2D eigenvalue weighted by Gasteiger charge is 2.28. The minimum absolute atomic E-state index is 0.0683. The van der Waals surface area contributed by atoms with Crippen molar-refractivity contribution in [3.05, 3.63) is 53.3 Å². The molecule has 0 amide bonds. The molecule has 0 saturated heterocycles. The van der Waals surface area contributed by atoms with Gasteiger partial charge in [-0.05, 0) is 141 Å². The van der Waals surface area contributed by atoms with Crippen LogP contribution in [0, 0.1) is 0 Å². The molecule has 0 radical (unpaired) electrons. The van der Waals surface area contributed by atoms with Gasteiger partial charge in [0.2, 0.25) is 0 Å². The molecule has 0 aromatic heterocycles. The average Bonchev–Trinajstić information content (AvgIpc) is 2.79. The van der Waals surface area contributed by atoms with Gasteiger partial charge in [-0.3, -0.25) is 0 Å². The third-order valence-electron chi connectivity index (χ3n) is 5.65. The Balaban J connectivity index is 2.21. The smallest absolute Gasteiger partial charge is 0.147 e. The van der Waals surface area contributed by atoms with Crippen LogP contribution in [0.25, 0.3) is 0 Å². The van der Waals surface area contributed by atoms with Crippen LogP contribution >= 0.6 is 95.6 Å². The summed E-state index contributed by atoms with van der Waals surface area (Å²) in [5.41, 5.74) is 1.52. The van der Waals surface area contributed by atoms with E-state index in [-0.39, 0.29) is 27.5 Å². The van der Waals surface area contributed by atoms with Gasteiger partial charge in [0.15, 0.2) is 0 Å². The molecule has 0 N–H and O–H groups in total. The lowest BCUT2D eigenvalue weighted by Gasteiger charge is -2.29. The zero-order valence-electron chi connectivity index (χ0n) is 23.7. The van der Waals surface area contributed by atoms with E-state index < -0.39 is 0 Å². The molecule has 0 aliphatic rings. The van der Waals surface area contributed by atoms with Gasteiger partial charge in [0.1, 0.15) is 30.8 Å². The number of benzene rings is 2. The topological polar surface area (TPSA) is 36.9 Å². The first-order chi connectivity index (χ1) is 17.8. The maximum atomic E-state index is 6.18. The molecule has 0 fully saturated rings. The van der Waals surface area contributed by atoms with Gasteiger partial charge < -0.3 is 18.9 Å². The first kappa shape index (κ1) is 36.0. The highest BCUT2D eigenvalue weighted by Crippen LogP contribution is 2.44. The molecule has 0 bridgehead atoms. The highest BCUT2D eigenvalue weighted by atomic mass is 79.9. The molecule has 2 atom stereocenters. The lowest BCUT2D eigenvalue weighted by atomic mass is 9.78. The Morgan fingerprint density at radius 3 is 1.41 bits per heavy atom. The monoisotopic (exact) mass is 924 g/mol. The number of halogens is 6. The Morgan fingerprint density at radius 2 is 1.05 bits per heavy atom. The van der Waals surface area contributed by atoms with E-state index in [0.29, 0.717) is 25.2 Å². The van der Waals surface area contributed by atoms with Gasteiger partial charge in [0.25, 0.3) is 0 Å². The number of alkyl halides is 2. The quantitative estimate of drug-likeness (QED) is 0.199. The molecule has 220 valence electrons. The van der Waals surface area contributed by atoms with Crippen molar-refractivity contribution in [2.24, 2.45) is 0 Å². The van der Waals surface area contributed by atoms with E-state index in [1.54, 1.807) is 0 Å². The van der Waals surface area contributed by atoms with E-state index in [1.807, 2.05) is 41.5 Å². The molecule has 0 aliphatic carbocycles. The Labute approximate surface area is 284 Å². The Morgan fingerprint density at radius 1 is 0.641 bits per heavy atom. The fraction of sp³-hybridized carbons (Fsp3) is 0.586. The maximum Gasteiger partial charge on any atom is 0.147 e. The minimum Gasteiger partial charge on any atom is -0.490 e. The van der Waals surface area contributed by atoms with Gasteiger partial charge in [0, 0.05) is 10.7 Å². The zero-order chi connectivity index (χ0) is 29.8. The van der Waals surface area contributed by atoms with Crippen molar-refractivity contribution in [3.8, 4) is 11.5 Å². The van der Waals surface area contributed by atoms with Gasteiger partial charge in [-0.15, -0.1) is 0 Å². The van der Waals surface area contributed by atoms with Crippen LogP contribution in [0.1, 0.15) is 66.5 Å². The molecule has 4 nitrogen and oxygen atoms in total. The third kappa shape index (κ3) is 11.5.